The first-order valence-electron chi connectivity index (χ1n) is 6.56. The number of hydrogen-bond acceptors (Lipinski definition) is 4. The number of aromatic hydroxyl groups is 1. The fourth-order valence-electron chi connectivity index (χ4n) is 2.18. The number of ether oxygens (including phenoxy) is 1. The van der Waals surface area contributed by atoms with Gasteiger partial charge in [0.05, 0.1) is 0 Å². The molecule has 3 rings (SSSR count). The zero-order valence-corrected chi connectivity index (χ0v) is 12.1. The van der Waals surface area contributed by atoms with E-state index in [0.29, 0.717) is 5.92 Å². The van der Waals surface area contributed by atoms with E-state index >= 15 is 0 Å². The molecule has 1 heterocycles. The minimum atomic E-state index is -0.104. The van der Waals surface area contributed by atoms with Gasteiger partial charge in [-0.3, -0.25) is 0 Å². The highest BCUT2D eigenvalue weighted by Crippen LogP contribution is 2.47. The number of halogens is 1. The summed E-state index contributed by atoms with van der Waals surface area (Å²) < 4.78 is 5.83. The summed E-state index contributed by atoms with van der Waals surface area (Å²) in [5.41, 5.74) is 3.38. The molecular weight excluding hydrogens is 276 g/mol. The molecule has 1 N–H and O–H groups in total. The maximum absolute atomic E-state index is 9.85. The number of aromatic nitrogens is 2. The van der Waals surface area contributed by atoms with Crippen molar-refractivity contribution >= 4 is 11.6 Å². The molecule has 0 saturated heterocycles. The standard InChI is InChI=1S/C15H15ClN2O2/c1-8-3-6-11(10-4-5-10)14(9(8)2)20-15-12(19)7-13(16)17-18-15/h3,6-7,10H,4-5H2,1-2H3,(H,17,19). The lowest BCUT2D eigenvalue weighted by molar-refractivity contribution is 0.387. The molecular formula is C15H15ClN2O2. The van der Waals surface area contributed by atoms with Crippen molar-refractivity contribution in [2.45, 2.75) is 32.6 Å². The Morgan fingerprint density at radius 1 is 1.25 bits per heavy atom. The summed E-state index contributed by atoms with van der Waals surface area (Å²) in [6.45, 7) is 4.04. The quantitative estimate of drug-likeness (QED) is 0.924. The molecule has 1 saturated carbocycles. The first kappa shape index (κ1) is 13.2. The molecule has 0 radical (unpaired) electrons. The second kappa shape index (κ2) is 4.94. The van der Waals surface area contributed by atoms with E-state index in [2.05, 4.69) is 22.3 Å². The Morgan fingerprint density at radius 3 is 2.65 bits per heavy atom. The predicted octanol–water partition coefficient (Wildman–Crippen LogP) is 4.12. The Balaban J connectivity index is 2.03. The molecule has 0 aliphatic heterocycles. The number of nitrogens with zero attached hydrogens (tertiary/aromatic N) is 2. The average molecular weight is 291 g/mol. The summed E-state index contributed by atoms with van der Waals surface area (Å²) in [5.74, 6) is 1.31. The summed E-state index contributed by atoms with van der Waals surface area (Å²) in [7, 11) is 0. The van der Waals surface area contributed by atoms with Crippen molar-refractivity contribution in [2.75, 3.05) is 0 Å². The van der Waals surface area contributed by atoms with Crippen molar-refractivity contribution in [1.29, 1.82) is 0 Å². The first-order valence-corrected chi connectivity index (χ1v) is 6.94. The Bertz CT molecular complexity index is 669. The molecule has 1 aliphatic carbocycles. The van der Waals surface area contributed by atoms with Crippen LogP contribution in [0, 0.1) is 13.8 Å². The summed E-state index contributed by atoms with van der Waals surface area (Å²) in [5, 5.41) is 17.5. The molecule has 5 heteroatoms. The molecule has 1 aliphatic rings. The highest BCUT2D eigenvalue weighted by molar-refractivity contribution is 6.29. The lowest BCUT2D eigenvalue weighted by atomic mass is 10.0. The third kappa shape index (κ3) is 2.43. The Labute approximate surface area is 122 Å². The predicted molar refractivity (Wildman–Crippen MR) is 76.7 cm³/mol. The van der Waals surface area contributed by atoms with Crippen molar-refractivity contribution in [3.8, 4) is 17.4 Å². The monoisotopic (exact) mass is 290 g/mol. The van der Waals surface area contributed by atoms with E-state index in [4.69, 9.17) is 16.3 Å². The van der Waals surface area contributed by atoms with E-state index in [0.717, 1.165) is 16.9 Å². The van der Waals surface area contributed by atoms with Gasteiger partial charge in [-0.05, 0) is 49.3 Å². The van der Waals surface area contributed by atoms with Gasteiger partial charge in [-0.25, -0.2) is 0 Å². The van der Waals surface area contributed by atoms with Crippen LogP contribution in [0.4, 0.5) is 0 Å². The number of aryl methyl sites for hydroxylation is 1. The van der Waals surface area contributed by atoms with Gasteiger partial charge in [0.1, 0.15) is 5.75 Å². The summed E-state index contributed by atoms with van der Waals surface area (Å²) >= 11 is 5.68. The molecule has 1 aromatic heterocycles. The Morgan fingerprint density at radius 2 is 2.00 bits per heavy atom. The van der Waals surface area contributed by atoms with Crippen LogP contribution < -0.4 is 4.74 Å². The van der Waals surface area contributed by atoms with Gasteiger partial charge < -0.3 is 9.84 Å². The smallest absolute Gasteiger partial charge is 0.281 e. The highest BCUT2D eigenvalue weighted by atomic mass is 35.5. The van der Waals surface area contributed by atoms with Crippen LogP contribution in [-0.2, 0) is 0 Å². The van der Waals surface area contributed by atoms with Gasteiger partial charge in [0.2, 0.25) is 0 Å². The molecule has 2 aromatic rings. The van der Waals surface area contributed by atoms with Crippen molar-refractivity contribution in [3.05, 3.63) is 40.0 Å². The van der Waals surface area contributed by atoms with Gasteiger partial charge in [0, 0.05) is 6.07 Å². The van der Waals surface area contributed by atoms with E-state index in [1.165, 1.54) is 24.5 Å². The first-order chi connectivity index (χ1) is 9.56. The Hall–Kier alpha value is -1.81. The normalized spacial score (nSPS) is 14.3. The largest absolute Gasteiger partial charge is 0.503 e. The van der Waals surface area contributed by atoms with Gasteiger partial charge in [0.25, 0.3) is 5.88 Å². The molecule has 0 bridgehead atoms. The maximum Gasteiger partial charge on any atom is 0.281 e. The topological polar surface area (TPSA) is 55.2 Å². The van der Waals surface area contributed by atoms with Crippen molar-refractivity contribution in [1.82, 2.24) is 10.2 Å². The van der Waals surface area contributed by atoms with Gasteiger partial charge >= 0.3 is 0 Å². The van der Waals surface area contributed by atoms with Crippen molar-refractivity contribution in [2.24, 2.45) is 0 Å². The van der Waals surface area contributed by atoms with Gasteiger partial charge in [0.15, 0.2) is 10.9 Å². The van der Waals surface area contributed by atoms with E-state index in [-0.39, 0.29) is 16.8 Å². The molecule has 4 nitrogen and oxygen atoms in total. The van der Waals surface area contributed by atoms with Crippen molar-refractivity contribution in [3.63, 3.8) is 0 Å². The van der Waals surface area contributed by atoms with Crippen LogP contribution in [0.2, 0.25) is 5.15 Å². The van der Waals surface area contributed by atoms with E-state index in [1.807, 2.05) is 13.8 Å². The van der Waals surface area contributed by atoms with Crippen LogP contribution >= 0.6 is 11.6 Å². The molecule has 1 fully saturated rings. The van der Waals surface area contributed by atoms with E-state index in [9.17, 15) is 5.11 Å². The van der Waals surface area contributed by atoms with E-state index < -0.39 is 0 Å². The van der Waals surface area contributed by atoms with Crippen LogP contribution in [0.3, 0.4) is 0 Å². The van der Waals surface area contributed by atoms with Crippen LogP contribution in [0.5, 0.6) is 17.4 Å². The number of benzene rings is 1. The zero-order chi connectivity index (χ0) is 14.3. The summed E-state index contributed by atoms with van der Waals surface area (Å²) in [4.78, 5) is 0. The molecule has 0 spiro atoms. The molecule has 0 unspecified atom stereocenters. The summed E-state index contributed by atoms with van der Waals surface area (Å²) in [6, 6.07) is 5.52. The molecule has 0 amide bonds. The minimum Gasteiger partial charge on any atom is -0.503 e. The van der Waals surface area contributed by atoms with Crippen molar-refractivity contribution < 1.29 is 9.84 Å². The maximum atomic E-state index is 9.85. The fraction of sp³-hybridized carbons (Fsp3) is 0.333. The van der Waals surface area contributed by atoms with E-state index in [1.54, 1.807) is 0 Å². The van der Waals surface area contributed by atoms with Crippen LogP contribution in [-0.4, -0.2) is 15.3 Å². The lowest BCUT2D eigenvalue weighted by Gasteiger charge is -2.15. The van der Waals surface area contributed by atoms with Crippen LogP contribution in [0.25, 0.3) is 0 Å². The molecule has 20 heavy (non-hydrogen) atoms. The summed E-state index contributed by atoms with van der Waals surface area (Å²) in [6.07, 6.45) is 2.36. The molecule has 0 atom stereocenters. The minimum absolute atomic E-state index is 0.0880. The molecule has 1 aromatic carbocycles. The Kier molecular flexibility index (Phi) is 3.26. The third-order valence-electron chi connectivity index (χ3n) is 3.63. The van der Waals surface area contributed by atoms with Gasteiger partial charge in [-0.1, -0.05) is 23.7 Å². The number of rotatable bonds is 3. The average Bonchev–Trinajstić information content (AvgIpc) is 3.22. The van der Waals surface area contributed by atoms with Gasteiger partial charge in [-0.2, -0.15) is 0 Å². The highest BCUT2D eigenvalue weighted by Gasteiger charge is 2.28. The van der Waals surface area contributed by atoms with Crippen LogP contribution in [0.1, 0.15) is 35.4 Å². The third-order valence-corrected chi connectivity index (χ3v) is 3.82. The second-order valence-electron chi connectivity index (χ2n) is 5.16. The zero-order valence-electron chi connectivity index (χ0n) is 11.4. The van der Waals surface area contributed by atoms with Gasteiger partial charge in [-0.15, -0.1) is 10.2 Å². The lowest BCUT2D eigenvalue weighted by Crippen LogP contribution is -1.98. The SMILES string of the molecule is Cc1ccc(C2CC2)c(Oc2nnc(Cl)cc2O)c1C. The molecule has 104 valence electrons. The second-order valence-corrected chi connectivity index (χ2v) is 5.55. The fourth-order valence-corrected chi connectivity index (χ4v) is 2.32. The number of hydrogen-bond donors (Lipinski definition) is 1. The van der Waals surface area contributed by atoms with Crippen LogP contribution in [0.15, 0.2) is 18.2 Å².